The van der Waals surface area contributed by atoms with Crippen LogP contribution in [0, 0.1) is 5.41 Å². The van der Waals surface area contributed by atoms with Gasteiger partial charge in [-0.1, -0.05) is 18.9 Å². The van der Waals surface area contributed by atoms with Crippen molar-refractivity contribution in [1.29, 1.82) is 0 Å². The summed E-state index contributed by atoms with van der Waals surface area (Å²) in [5.41, 5.74) is 4.85. The molecule has 0 saturated heterocycles. The van der Waals surface area contributed by atoms with E-state index in [4.69, 9.17) is 5.73 Å². The number of hydrogen-bond acceptors (Lipinski definition) is 3. The van der Waals surface area contributed by atoms with E-state index in [2.05, 4.69) is 5.32 Å². The topological polar surface area (TPSA) is 109 Å². The summed E-state index contributed by atoms with van der Waals surface area (Å²) in [6.45, 7) is 0.0992. The molecule has 0 radical (unpaired) electrons. The van der Waals surface area contributed by atoms with Crippen molar-refractivity contribution >= 4 is 17.8 Å². The zero-order valence-electron chi connectivity index (χ0n) is 11.6. The van der Waals surface area contributed by atoms with Gasteiger partial charge in [0, 0.05) is 17.7 Å². The highest BCUT2D eigenvalue weighted by molar-refractivity contribution is 5.99. The molecule has 0 spiro atoms. The normalized spacial score (nSPS) is 16.4. The fraction of sp³-hybridized carbons (Fsp3) is 0.400. The van der Waals surface area contributed by atoms with Gasteiger partial charge >= 0.3 is 5.97 Å². The molecule has 21 heavy (non-hydrogen) atoms. The highest BCUT2D eigenvalue weighted by Crippen LogP contribution is 2.37. The lowest BCUT2D eigenvalue weighted by Crippen LogP contribution is -2.41. The average molecular weight is 290 g/mol. The molecule has 1 aliphatic carbocycles. The van der Waals surface area contributed by atoms with Crippen molar-refractivity contribution in [3.05, 3.63) is 35.4 Å². The van der Waals surface area contributed by atoms with Crippen molar-refractivity contribution in [3.63, 3.8) is 0 Å². The number of primary amides is 1. The molecule has 1 saturated carbocycles. The first kappa shape index (κ1) is 15.0. The van der Waals surface area contributed by atoms with E-state index in [9.17, 15) is 19.5 Å². The predicted molar refractivity (Wildman–Crippen MR) is 75.8 cm³/mol. The summed E-state index contributed by atoms with van der Waals surface area (Å²) in [5, 5.41) is 12.0. The van der Waals surface area contributed by atoms with Gasteiger partial charge in [-0.2, -0.15) is 0 Å². The van der Waals surface area contributed by atoms with E-state index < -0.39 is 23.2 Å². The van der Waals surface area contributed by atoms with Crippen LogP contribution < -0.4 is 11.1 Å². The van der Waals surface area contributed by atoms with Crippen LogP contribution in [-0.2, 0) is 4.79 Å². The number of carbonyl (C=O) groups is 3. The van der Waals surface area contributed by atoms with Crippen molar-refractivity contribution in [2.45, 2.75) is 25.7 Å². The zero-order chi connectivity index (χ0) is 15.5. The van der Waals surface area contributed by atoms with Gasteiger partial charge in [-0.25, -0.2) is 0 Å². The number of nitrogens with one attached hydrogen (secondary N) is 1. The molecule has 112 valence electrons. The Hall–Kier alpha value is -2.37. The molecule has 0 aliphatic heterocycles. The Balaban J connectivity index is 2.06. The zero-order valence-corrected chi connectivity index (χ0v) is 11.6. The van der Waals surface area contributed by atoms with Gasteiger partial charge in [0.25, 0.3) is 5.91 Å². The number of aliphatic carboxylic acids is 1. The number of benzene rings is 1. The van der Waals surface area contributed by atoms with Gasteiger partial charge in [0.15, 0.2) is 0 Å². The Labute approximate surface area is 122 Å². The molecule has 1 fully saturated rings. The first-order valence-corrected chi connectivity index (χ1v) is 6.86. The Kier molecular flexibility index (Phi) is 4.26. The fourth-order valence-electron chi connectivity index (χ4n) is 2.68. The standard InChI is InChI=1S/C15H18N2O4/c16-12(18)10-4-3-5-11(8-10)13(19)17-9-15(14(20)21)6-1-2-7-15/h3-5,8H,1-2,6-7,9H2,(H2,16,18)(H,17,19)(H,20,21). The second kappa shape index (κ2) is 5.95. The van der Waals surface area contributed by atoms with Gasteiger partial charge in [-0.05, 0) is 31.0 Å². The maximum absolute atomic E-state index is 12.1. The third-order valence-corrected chi connectivity index (χ3v) is 4.01. The van der Waals surface area contributed by atoms with Gasteiger partial charge in [0.1, 0.15) is 0 Å². The molecule has 6 nitrogen and oxygen atoms in total. The highest BCUT2D eigenvalue weighted by atomic mass is 16.4. The molecule has 0 bridgehead atoms. The van der Waals surface area contributed by atoms with E-state index in [1.54, 1.807) is 12.1 Å². The molecule has 1 aromatic carbocycles. The number of nitrogens with two attached hydrogens (primary N) is 1. The van der Waals surface area contributed by atoms with Gasteiger partial charge in [-0.3, -0.25) is 14.4 Å². The molecule has 0 heterocycles. The van der Waals surface area contributed by atoms with Crippen molar-refractivity contribution < 1.29 is 19.5 Å². The maximum atomic E-state index is 12.1. The fourth-order valence-corrected chi connectivity index (χ4v) is 2.68. The highest BCUT2D eigenvalue weighted by Gasteiger charge is 2.41. The Morgan fingerprint density at radius 2 is 1.81 bits per heavy atom. The largest absolute Gasteiger partial charge is 0.481 e. The number of hydrogen-bond donors (Lipinski definition) is 3. The van der Waals surface area contributed by atoms with Crippen molar-refractivity contribution in [2.75, 3.05) is 6.54 Å². The van der Waals surface area contributed by atoms with E-state index in [0.29, 0.717) is 18.4 Å². The summed E-state index contributed by atoms with van der Waals surface area (Å²) in [6, 6.07) is 6.05. The molecule has 2 rings (SSSR count). The molecule has 2 amide bonds. The molecule has 4 N–H and O–H groups in total. The van der Waals surface area contributed by atoms with E-state index in [1.165, 1.54) is 12.1 Å². The lowest BCUT2D eigenvalue weighted by molar-refractivity contribution is -0.148. The number of carboxylic acid groups (broad SMARTS) is 1. The van der Waals surface area contributed by atoms with Gasteiger partial charge in [0.05, 0.1) is 5.41 Å². The molecular formula is C15H18N2O4. The number of rotatable bonds is 5. The van der Waals surface area contributed by atoms with Crippen LogP contribution in [0.15, 0.2) is 24.3 Å². The van der Waals surface area contributed by atoms with Crippen LogP contribution >= 0.6 is 0 Å². The first-order valence-electron chi connectivity index (χ1n) is 6.86. The van der Waals surface area contributed by atoms with Crippen LogP contribution in [-0.4, -0.2) is 29.4 Å². The number of carboxylic acids is 1. The van der Waals surface area contributed by atoms with Crippen LogP contribution in [0.2, 0.25) is 0 Å². The quantitative estimate of drug-likeness (QED) is 0.755. The van der Waals surface area contributed by atoms with Crippen LogP contribution in [0.1, 0.15) is 46.4 Å². The third-order valence-electron chi connectivity index (χ3n) is 4.01. The second-order valence-corrected chi connectivity index (χ2v) is 5.42. The molecule has 0 unspecified atom stereocenters. The Bertz CT molecular complexity index is 577. The maximum Gasteiger partial charge on any atom is 0.311 e. The summed E-state index contributed by atoms with van der Waals surface area (Å²) in [4.78, 5) is 34.6. The van der Waals surface area contributed by atoms with Gasteiger partial charge in [-0.15, -0.1) is 0 Å². The Morgan fingerprint density at radius 1 is 1.19 bits per heavy atom. The van der Waals surface area contributed by atoms with E-state index >= 15 is 0 Å². The lowest BCUT2D eigenvalue weighted by Gasteiger charge is -2.24. The van der Waals surface area contributed by atoms with Crippen LogP contribution in [0.3, 0.4) is 0 Å². The summed E-state index contributed by atoms with van der Waals surface area (Å²) in [5.74, 6) is -1.88. The summed E-state index contributed by atoms with van der Waals surface area (Å²) in [7, 11) is 0. The minimum atomic E-state index is -0.869. The monoisotopic (exact) mass is 290 g/mol. The minimum Gasteiger partial charge on any atom is -0.481 e. The molecule has 6 heteroatoms. The molecule has 0 atom stereocenters. The number of amides is 2. The summed E-state index contributed by atoms with van der Waals surface area (Å²) < 4.78 is 0. The first-order chi connectivity index (χ1) is 9.94. The summed E-state index contributed by atoms with van der Waals surface area (Å²) in [6.07, 6.45) is 2.87. The summed E-state index contributed by atoms with van der Waals surface area (Å²) >= 11 is 0. The van der Waals surface area contributed by atoms with E-state index in [-0.39, 0.29) is 12.1 Å². The van der Waals surface area contributed by atoms with Gasteiger partial charge in [0.2, 0.25) is 5.91 Å². The average Bonchev–Trinajstić information content (AvgIpc) is 2.95. The predicted octanol–water partition coefficient (Wildman–Crippen LogP) is 1.16. The molecule has 1 aliphatic rings. The second-order valence-electron chi connectivity index (χ2n) is 5.42. The van der Waals surface area contributed by atoms with Crippen molar-refractivity contribution in [2.24, 2.45) is 11.1 Å². The molecular weight excluding hydrogens is 272 g/mol. The van der Waals surface area contributed by atoms with Gasteiger partial charge < -0.3 is 16.2 Å². The van der Waals surface area contributed by atoms with E-state index in [1.807, 2.05) is 0 Å². The third kappa shape index (κ3) is 3.21. The number of carbonyl (C=O) groups excluding carboxylic acids is 2. The van der Waals surface area contributed by atoms with Crippen molar-refractivity contribution in [1.82, 2.24) is 5.32 Å². The molecule has 1 aromatic rings. The van der Waals surface area contributed by atoms with Crippen LogP contribution in [0.25, 0.3) is 0 Å². The smallest absolute Gasteiger partial charge is 0.311 e. The van der Waals surface area contributed by atoms with Crippen LogP contribution in [0.4, 0.5) is 0 Å². The minimum absolute atomic E-state index is 0.0992. The Morgan fingerprint density at radius 3 is 2.38 bits per heavy atom. The molecule has 0 aromatic heterocycles. The SMILES string of the molecule is NC(=O)c1cccc(C(=O)NCC2(C(=O)O)CCCC2)c1. The van der Waals surface area contributed by atoms with Crippen LogP contribution in [0.5, 0.6) is 0 Å². The van der Waals surface area contributed by atoms with Crippen molar-refractivity contribution in [3.8, 4) is 0 Å². The lowest BCUT2D eigenvalue weighted by atomic mass is 9.86. The van der Waals surface area contributed by atoms with E-state index in [0.717, 1.165) is 12.8 Å².